The second-order valence-corrected chi connectivity index (χ2v) is 6.78. The lowest BCUT2D eigenvalue weighted by Gasteiger charge is -2.35. The van der Waals surface area contributed by atoms with Gasteiger partial charge in [-0.15, -0.1) is 10.2 Å². The van der Waals surface area contributed by atoms with Crippen LogP contribution in [-0.2, 0) is 0 Å². The first-order chi connectivity index (χ1) is 12.5. The van der Waals surface area contributed by atoms with Gasteiger partial charge in [0.05, 0.1) is 0 Å². The van der Waals surface area contributed by atoms with E-state index < -0.39 is 0 Å². The summed E-state index contributed by atoms with van der Waals surface area (Å²) in [6, 6.07) is 9.81. The fourth-order valence-corrected chi connectivity index (χ4v) is 3.40. The minimum Gasteiger partial charge on any atom is -0.353 e. The summed E-state index contributed by atoms with van der Waals surface area (Å²) in [6.45, 7) is 8.86. The average molecular weight is 350 g/mol. The van der Waals surface area contributed by atoms with Crippen molar-refractivity contribution in [1.82, 2.24) is 24.5 Å². The molecule has 0 saturated carbocycles. The number of amides is 1. The van der Waals surface area contributed by atoms with E-state index in [1.807, 2.05) is 54.3 Å². The van der Waals surface area contributed by atoms with Crippen molar-refractivity contribution in [3.05, 3.63) is 53.0 Å². The van der Waals surface area contributed by atoms with E-state index in [2.05, 4.69) is 26.1 Å². The van der Waals surface area contributed by atoms with Gasteiger partial charge in [0.15, 0.2) is 0 Å². The van der Waals surface area contributed by atoms with Crippen LogP contribution in [0.15, 0.2) is 30.3 Å². The molecule has 1 saturated heterocycles. The van der Waals surface area contributed by atoms with E-state index in [0.29, 0.717) is 18.9 Å². The molecule has 3 aromatic rings. The molecule has 0 aliphatic carbocycles. The first kappa shape index (κ1) is 16.5. The Balaban J connectivity index is 1.48. The Hall–Kier alpha value is -2.96. The van der Waals surface area contributed by atoms with Gasteiger partial charge in [0.2, 0.25) is 0 Å². The average Bonchev–Trinajstić information content (AvgIpc) is 3.03. The quantitative estimate of drug-likeness (QED) is 0.707. The Kier molecular flexibility index (Phi) is 4.06. The molecule has 7 nitrogen and oxygen atoms in total. The number of carbonyl (C=O) groups is 1. The number of hydrogen-bond donors (Lipinski definition) is 0. The second-order valence-electron chi connectivity index (χ2n) is 6.78. The molecule has 1 aliphatic heterocycles. The van der Waals surface area contributed by atoms with E-state index in [0.717, 1.165) is 41.6 Å². The molecule has 0 unspecified atom stereocenters. The van der Waals surface area contributed by atoms with Crippen molar-refractivity contribution < 1.29 is 4.79 Å². The SMILES string of the molecule is Cc1ccc(C(=O)N2CCN(c3cc(C)n4c(C)nnc4n3)CC2)cc1. The number of nitrogens with zero attached hydrogens (tertiary/aromatic N) is 6. The van der Waals surface area contributed by atoms with Crippen LogP contribution in [-0.4, -0.2) is 56.6 Å². The molecular formula is C19H22N6O. The number of aromatic nitrogens is 4. The van der Waals surface area contributed by atoms with Crippen LogP contribution in [0.25, 0.3) is 5.78 Å². The molecule has 0 radical (unpaired) electrons. The van der Waals surface area contributed by atoms with Crippen molar-refractivity contribution in [3.63, 3.8) is 0 Å². The van der Waals surface area contributed by atoms with E-state index in [-0.39, 0.29) is 5.91 Å². The van der Waals surface area contributed by atoms with Gasteiger partial charge < -0.3 is 9.80 Å². The van der Waals surface area contributed by atoms with Crippen LogP contribution in [0, 0.1) is 20.8 Å². The van der Waals surface area contributed by atoms with Crippen LogP contribution in [0.4, 0.5) is 5.82 Å². The van der Waals surface area contributed by atoms with E-state index in [4.69, 9.17) is 0 Å². The predicted molar refractivity (Wildman–Crippen MR) is 99.6 cm³/mol. The maximum atomic E-state index is 12.7. The third-order valence-electron chi connectivity index (χ3n) is 4.90. The smallest absolute Gasteiger partial charge is 0.257 e. The third-order valence-corrected chi connectivity index (χ3v) is 4.90. The summed E-state index contributed by atoms with van der Waals surface area (Å²) >= 11 is 0. The van der Waals surface area contributed by atoms with Gasteiger partial charge in [0, 0.05) is 43.5 Å². The minimum atomic E-state index is 0.0947. The number of rotatable bonds is 2. The molecule has 26 heavy (non-hydrogen) atoms. The van der Waals surface area contributed by atoms with Gasteiger partial charge in [0.1, 0.15) is 11.6 Å². The lowest BCUT2D eigenvalue weighted by Crippen LogP contribution is -2.49. The molecule has 0 N–H and O–H groups in total. The van der Waals surface area contributed by atoms with E-state index in [9.17, 15) is 4.79 Å². The monoisotopic (exact) mass is 350 g/mol. The Morgan fingerprint density at radius 3 is 2.35 bits per heavy atom. The lowest BCUT2D eigenvalue weighted by atomic mass is 10.1. The number of benzene rings is 1. The van der Waals surface area contributed by atoms with Crippen molar-refractivity contribution in [2.75, 3.05) is 31.1 Å². The van der Waals surface area contributed by atoms with Gasteiger partial charge in [-0.2, -0.15) is 4.98 Å². The zero-order valence-electron chi connectivity index (χ0n) is 15.3. The van der Waals surface area contributed by atoms with Gasteiger partial charge in [-0.25, -0.2) is 0 Å². The summed E-state index contributed by atoms with van der Waals surface area (Å²) in [5, 5.41) is 8.23. The maximum absolute atomic E-state index is 12.7. The Labute approximate surface area is 152 Å². The number of anilines is 1. The van der Waals surface area contributed by atoms with Crippen molar-refractivity contribution >= 4 is 17.5 Å². The maximum Gasteiger partial charge on any atom is 0.257 e. The summed E-state index contributed by atoms with van der Waals surface area (Å²) in [7, 11) is 0. The van der Waals surface area contributed by atoms with Crippen molar-refractivity contribution in [2.24, 2.45) is 0 Å². The molecule has 0 spiro atoms. The fourth-order valence-electron chi connectivity index (χ4n) is 3.40. The summed E-state index contributed by atoms with van der Waals surface area (Å²) < 4.78 is 1.95. The molecule has 1 fully saturated rings. The molecule has 0 bridgehead atoms. The summed E-state index contributed by atoms with van der Waals surface area (Å²) in [5.41, 5.74) is 2.97. The highest BCUT2D eigenvalue weighted by molar-refractivity contribution is 5.94. The summed E-state index contributed by atoms with van der Waals surface area (Å²) in [4.78, 5) is 21.4. The van der Waals surface area contributed by atoms with E-state index in [1.165, 1.54) is 0 Å². The number of fused-ring (bicyclic) bond motifs is 1. The highest BCUT2D eigenvalue weighted by Gasteiger charge is 2.23. The Bertz CT molecular complexity index is 954. The molecule has 1 amide bonds. The molecule has 1 aliphatic rings. The normalized spacial score (nSPS) is 14.9. The molecule has 3 heterocycles. The Morgan fingerprint density at radius 1 is 0.962 bits per heavy atom. The molecule has 4 rings (SSSR count). The molecular weight excluding hydrogens is 328 g/mol. The lowest BCUT2D eigenvalue weighted by molar-refractivity contribution is 0.0746. The zero-order valence-corrected chi connectivity index (χ0v) is 15.3. The highest BCUT2D eigenvalue weighted by atomic mass is 16.2. The fraction of sp³-hybridized carbons (Fsp3) is 0.368. The summed E-state index contributed by atoms with van der Waals surface area (Å²) in [5.74, 6) is 2.45. The van der Waals surface area contributed by atoms with Crippen molar-refractivity contribution in [3.8, 4) is 0 Å². The van der Waals surface area contributed by atoms with Gasteiger partial charge in [-0.05, 0) is 32.9 Å². The van der Waals surface area contributed by atoms with Gasteiger partial charge in [0.25, 0.3) is 11.7 Å². The highest BCUT2D eigenvalue weighted by Crippen LogP contribution is 2.18. The van der Waals surface area contributed by atoms with Crippen LogP contribution in [0.2, 0.25) is 0 Å². The molecule has 1 aromatic carbocycles. The largest absolute Gasteiger partial charge is 0.353 e. The molecule has 0 atom stereocenters. The minimum absolute atomic E-state index is 0.0947. The molecule has 7 heteroatoms. The van der Waals surface area contributed by atoms with Crippen molar-refractivity contribution in [1.29, 1.82) is 0 Å². The van der Waals surface area contributed by atoms with Gasteiger partial charge in [-0.1, -0.05) is 17.7 Å². The number of carbonyl (C=O) groups excluding carboxylic acids is 1. The van der Waals surface area contributed by atoms with E-state index in [1.54, 1.807) is 0 Å². The zero-order chi connectivity index (χ0) is 18.3. The number of piperazine rings is 1. The second kappa shape index (κ2) is 6.40. The Morgan fingerprint density at radius 2 is 1.65 bits per heavy atom. The van der Waals surface area contributed by atoms with Crippen LogP contribution in [0.3, 0.4) is 0 Å². The van der Waals surface area contributed by atoms with E-state index >= 15 is 0 Å². The van der Waals surface area contributed by atoms with Crippen LogP contribution >= 0.6 is 0 Å². The van der Waals surface area contributed by atoms with Crippen LogP contribution in [0.5, 0.6) is 0 Å². The number of hydrogen-bond acceptors (Lipinski definition) is 5. The van der Waals surface area contributed by atoms with Gasteiger partial charge in [-0.3, -0.25) is 9.20 Å². The first-order valence-electron chi connectivity index (χ1n) is 8.83. The number of aryl methyl sites for hydroxylation is 3. The predicted octanol–water partition coefficient (Wildman–Crippen LogP) is 2.01. The third kappa shape index (κ3) is 2.89. The van der Waals surface area contributed by atoms with Crippen LogP contribution < -0.4 is 4.90 Å². The standard InChI is InChI=1S/C19H22N6O/c1-13-4-6-16(7-5-13)18(26)24-10-8-23(9-11-24)17-12-14(2)25-15(3)21-22-19(25)20-17/h4-7,12H,8-11H2,1-3H3. The summed E-state index contributed by atoms with van der Waals surface area (Å²) in [6.07, 6.45) is 0. The van der Waals surface area contributed by atoms with Crippen molar-refractivity contribution in [2.45, 2.75) is 20.8 Å². The molecule has 2 aromatic heterocycles. The van der Waals surface area contributed by atoms with Gasteiger partial charge >= 0.3 is 0 Å². The molecule has 134 valence electrons. The first-order valence-corrected chi connectivity index (χ1v) is 8.83. The topological polar surface area (TPSA) is 66.6 Å². The van der Waals surface area contributed by atoms with Crippen LogP contribution in [0.1, 0.15) is 27.4 Å².